The van der Waals surface area contributed by atoms with Crippen molar-refractivity contribution >= 4 is 28.3 Å². The molecule has 2 aromatic carbocycles. The van der Waals surface area contributed by atoms with Gasteiger partial charge in [0, 0.05) is 54.8 Å². The highest BCUT2D eigenvalue weighted by molar-refractivity contribution is 6.05. The monoisotopic (exact) mass is 557 g/mol. The molecule has 1 fully saturated rings. The van der Waals surface area contributed by atoms with Gasteiger partial charge in [-0.1, -0.05) is 32.9 Å². The maximum atomic E-state index is 15.0. The van der Waals surface area contributed by atoms with E-state index < -0.39 is 5.82 Å². The van der Waals surface area contributed by atoms with Crippen LogP contribution in [0.3, 0.4) is 0 Å². The van der Waals surface area contributed by atoms with Crippen molar-refractivity contribution in [3.8, 4) is 22.9 Å². The lowest BCUT2D eigenvalue weighted by Crippen LogP contribution is -2.49. The largest absolute Gasteiger partial charge is 0.437 e. The minimum absolute atomic E-state index is 0.0764. The van der Waals surface area contributed by atoms with Crippen LogP contribution in [-0.4, -0.2) is 46.0 Å². The third-order valence-electron chi connectivity index (χ3n) is 6.87. The Morgan fingerprint density at radius 2 is 1.90 bits per heavy atom. The number of carbonyl (C=O) groups excluding carboxylic acids is 1. The van der Waals surface area contributed by atoms with Gasteiger partial charge in [-0.3, -0.25) is 4.79 Å². The molecule has 0 bridgehead atoms. The van der Waals surface area contributed by atoms with Gasteiger partial charge in [0.1, 0.15) is 11.6 Å². The molecule has 214 valence electrons. The summed E-state index contributed by atoms with van der Waals surface area (Å²) in [6.45, 7) is 9.37. The molecule has 9 nitrogen and oxygen atoms in total. The van der Waals surface area contributed by atoms with E-state index in [0.29, 0.717) is 39.6 Å². The summed E-state index contributed by atoms with van der Waals surface area (Å²) < 4.78 is 21.4. The molecule has 5 rings (SSSR count). The molecule has 3 heterocycles. The predicted molar refractivity (Wildman–Crippen MR) is 160 cm³/mol. The summed E-state index contributed by atoms with van der Waals surface area (Å²) in [5, 5.41) is 10.7. The van der Waals surface area contributed by atoms with Crippen LogP contribution >= 0.6 is 0 Å². The molecule has 1 saturated heterocycles. The lowest BCUT2D eigenvalue weighted by Gasteiger charge is -2.28. The number of hydrogen-bond donors (Lipinski definition) is 4. The van der Waals surface area contributed by atoms with E-state index >= 15 is 0 Å². The zero-order valence-electron chi connectivity index (χ0n) is 23.8. The number of anilines is 2. The minimum Gasteiger partial charge on any atom is -0.437 e. The van der Waals surface area contributed by atoms with Gasteiger partial charge in [-0.2, -0.15) is 0 Å². The Balaban J connectivity index is 1.47. The van der Waals surface area contributed by atoms with E-state index in [1.165, 1.54) is 6.07 Å². The minimum atomic E-state index is -0.511. The lowest BCUT2D eigenvalue weighted by atomic mass is 9.92. The molecular weight excluding hydrogens is 521 g/mol. The van der Waals surface area contributed by atoms with E-state index in [1.54, 1.807) is 30.6 Å². The smallest absolute Gasteiger partial charge is 0.228 e. The zero-order chi connectivity index (χ0) is 29.1. The number of halogens is 1. The van der Waals surface area contributed by atoms with Gasteiger partial charge in [-0.25, -0.2) is 19.3 Å². The van der Waals surface area contributed by atoms with Crippen molar-refractivity contribution in [3.05, 3.63) is 66.2 Å². The van der Waals surface area contributed by atoms with Crippen LogP contribution in [-0.2, 0) is 4.79 Å². The molecule has 0 saturated carbocycles. The molecule has 10 heteroatoms. The molecule has 0 unspecified atom stereocenters. The fraction of sp³-hybridized carbons (Fsp3) is 0.355. The third kappa shape index (κ3) is 6.78. The predicted octanol–water partition coefficient (Wildman–Crippen LogP) is 5.41. The summed E-state index contributed by atoms with van der Waals surface area (Å²) in [5.41, 5.74) is 8.14. The Kier molecular flexibility index (Phi) is 8.14. The van der Waals surface area contributed by atoms with Crippen molar-refractivity contribution in [3.63, 3.8) is 0 Å². The van der Waals surface area contributed by atoms with Crippen molar-refractivity contribution in [2.45, 2.75) is 52.6 Å². The number of aryl methyl sites for hydroxylation is 1. The average molecular weight is 558 g/mol. The fourth-order valence-corrected chi connectivity index (χ4v) is 5.00. The second-order valence-corrected chi connectivity index (χ2v) is 11.7. The molecule has 0 aliphatic carbocycles. The summed E-state index contributed by atoms with van der Waals surface area (Å²) in [6, 6.07) is 12.3. The molecule has 1 amide bonds. The summed E-state index contributed by atoms with van der Waals surface area (Å²) in [6.07, 6.45) is 4.42. The van der Waals surface area contributed by atoms with Crippen molar-refractivity contribution in [2.75, 3.05) is 23.7 Å². The summed E-state index contributed by atoms with van der Waals surface area (Å²) in [5.74, 6) is 0.590. The number of nitrogens with one attached hydrogen (secondary N) is 3. The SMILES string of the molecule is Cc1ccc2c(NC(=O)CC(C)(C)C)c(F)ccc2c1Oc1ncccc1-c1ccnc(N[C@@H]2CNC[C@H](N)C2)n1. The highest BCUT2D eigenvalue weighted by Gasteiger charge is 2.22. The molecule has 2 atom stereocenters. The first-order valence-corrected chi connectivity index (χ1v) is 13.8. The molecule has 4 aromatic rings. The van der Waals surface area contributed by atoms with E-state index in [4.69, 9.17) is 15.5 Å². The van der Waals surface area contributed by atoms with E-state index in [9.17, 15) is 9.18 Å². The number of amides is 1. The number of fused-ring (bicyclic) bond motifs is 1. The van der Waals surface area contributed by atoms with E-state index in [2.05, 4.69) is 25.9 Å². The van der Waals surface area contributed by atoms with Crippen LogP contribution in [0.2, 0.25) is 0 Å². The zero-order valence-corrected chi connectivity index (χ0v) is 23.8. The molecule has 0 spiro atoms. The first-order valence-electron chi connectivity index (χ1n) is 13.8. The van der Waals surface area contributed by atoms with Crippen LogP contribution in [0.15, 0.2) is 54.9 Å². The van der Waals surface area contributed by atoms with Crippen molar-refractivity contribution in [2.24, 2.45) is 11.1 Å². The molecule has 41 heavy (non-hydrogen) atoms. The number of nitrogens with two attached hydrogens (primary N) is 1. The van der Waals surface area contributed by atoms with Crippen LogP contribution < -0.4 is 26.4 Å². The Labute approximate surface area is 239 Å². The standard InChI is InChI=1S/C31H36FN7O2/c1-18-7-8-21-22(9-10-24(32)27(21)39-26(40)15-31(2,3)4)28(18)41-29-23(6-5-12-35-29)25-11-13-36-30(38-25)37-20-14-19(33)16-34-17-20/h5-13,19-20,34H,14-17,33H2,1-4H3,(H,39,40)(H,36,37,38)/t19-,20+/m1/s1. The molecular formula is C31H36FN7O2. The van der Waals surface area contributed by atoms with Gasteiger partial charge >= 0.3 is 0 Å². The molecule has 1 aliphatic rings. The van der Waals surface area contributed by atoms with E-state index in [1.807, 2.05) is 45.9 Å². The lowest BCUT2D eigenvalue weighted by molar-refractivity contribution is -0.117. The topological polar surface area (TPSA) is 127 Å². The molecule has 1 aliphatic heterocycles. The summed E-state index contributed by atoms with van der Waals surface area (Å²) >= 11 is 0. The second kappa shape index (κ2) is 11.8. The highest BCUT2D eigenvalue weighted by atomic mass is 19.1. The first-order chi connectivity index (χ1) is 19.6. The van der Waals surface area contributed by atoms with Crippen LogP contribution in [0.5, 0.6) is 11.6 Å². The maximum absolute atomic E-state index is 15.0. The Bertz CT molecular complexity index is 1570. The van der Waals surface area contributed by atoms with Gasteiger partial charge in [0.25, 0.3) is 0 Å². The van der Waals surface area contributed by atoms with Crippen molar-refractivity contribution < 1.29 is 13.9 Å². The number of ether oxygens (including phenoxy) is 1. The third-order valence-corrected chi connectivity index (χ3v) is 6.87. The number of hydrogen-bond acceptors (Lipinski definition) is 8. The van der Waals surface area contributed by atoms with E-state index in [-0.39, 0.29) is 35.5 Å². The highest BCUT2D eigenvalue weighted by Crippen LogP contribution is 2.39. The number of nitrogens with zero attached hydrogens (tertiary/aromatic N) is 3. The Morgan fingerprint density at radius 1 is 1.10 bits per heavy atom. The van der Waals surface area contributed by atoms with Gasteiger partial charge in [0.15, 0.2) is 0 Å². The van der Waals surface area contributed by atoms with Crippen LogP contribution in [0.1, 0.15) is 39.2 Å². The van der Waals surface area contributed by atoms with Crippen LogP contribution in [0.4, 0.5) is 16.0 Å². The number of pyridine rings is 1. The van der Waals surface area contributed by atoms with Gasteiger partial charge < -0.3 is 26.4 Å². The number of aromatic nitrogens is 3. The summed E-state index contributed by atoms with van der Waals surface area (Å²) in [4.78, 5) is 26.3. The number of benzene rings is 2. The van der Waals surface area contributed by atoms with E-state index in [0.717, 1.165) is 25.1 Å². The van der Waals surface area contributed by atoms with Crippen molar-refractivity contribution in [1.82, 2.24) is 20.3 Å². The van der Waals surface area contributed by atoms with Crippen LogP contribution in [0, 0.1) is 18.2 Å². The van der Waals surface area contributed by atoms with Gasteiger partial charge in [-0.05, 0) is 54.7 Å². The second-order valence-electron chi connectivity index (χ2n) is 11.7. The number of carbonyl (C=O) groups is 1. The summed E-state index contributed by atoms with van der Waals surface area (Å²) in [7, 11) is 0. The fourth-order valence-electron chi connectivity index (χ4n) is 5.00. The first kappa shape index (κ1) is 28.4. The normalized spacial score (nSPS) is 17.3. The quantitative estimate of drug-likeness (QED) is 0.238. The number of rotatable bonds is 7. The van der Waals surface area contributed by atoms with Gasteiger partial charge in [0.05, 0.1) is 16.9 Å². The molecule has 5 N–H and O–H groups in total. The van der Waals surface area contributed by atoms with Crippen LogP contribution in [0.25, 0.3) is 22.0 Å². The maximum Gasteiger partial charge on any atom is 0.228 e. The molecule has 0 radical (unpaired) electrons. The van der Waals surface area contributed by atoms with Crippen molar-refractivity contribution in [1.29, 1.82) is 0 Å². The van der Waals surface area contributed by atoms with Gasteiger partial charge in [-0.15, -0.1) is 0 Å². The average Bonchev–Trinajstić information content (AvgIpc) is 2.91. The molecule has 2 aromatic heterocycles. The Hall–Kier alpha value is -4.15. The van der Waals surface area contributed by atoms with Gasteiger partial charge in [0.2, 0.25) is 17.7 Å². The number of piperidine rings is 1. The Morgan fingerprint density at radius 3 is 2.68 bits per heavy atom.